The van der Waals surface area contributed by atoms with Gasteiger partial charge in [-0.2, -0.15) is 13.2 Å². The van der Waals surface area contributed by atoms with Gasteiger partial charge in [-0.1, -0.05) is 0 Å². The van der Waals surface area contributed by atoms with E-state index in [1.807, 2.05) is 0 Å². The Balaban J connectivity index is 3.55. The summed E-state index contributed by atoms with van der Waals surface area (Å²) in [6.45, 7) is 0. The van der Waals surface area contributed by atoms with Gasteiger partial charge in [0.1, 0.15) is 5.82 Å². The number of nitrogens with two attached hydrogens (primary N) is 1. The summed E-state index contributed by atoms with van der Waals surface area (Å²) >= 11 is 0. The number of alkyl halides is 3. The maximum absolute atomic E-state index is 13.1. The maximum atomic E-state index is 13.1. The highest BCUT2D eigenvalue weighted by Gasteiger charge is 2.35. The lowest BCUT2D eigenvalue weighted by atomic mass is 10.0. The highest BCUT2D eigenvalue weighted by atomic mass is 19.4. The molecule has 0 spiro atoms. The molecule has 0 fully saturated rings. The second-order valence-corrected chi connectivity index (χ2v) is 2.90. The summed E-state index contributed by atoms with van der Waals surface area (Å²) < 4.78 is 50.2. The molecule has 2 N–H and O–H groups in total. The van der Waals surface area contributed by atoms with Crippen molar-refractivity contribution in [3.63, 3.8) is 0 Å². The van der Waals surface area contributed by atoms with Gasteiger partial charge >= 0.3 is 6.18 Å². The monoisotopic (exact) mass is 235 g/mol. The van der Waals surface area contributed by atoms with Crippen molar-refractivity contribution in [2.45, 2.75) is 6.18 Å². The van der Waals surface area contributed by atoms with Crippen LogP contribution >= 0.6 is 0 Å². The Labute approximate surface area is 86.9 Å². The Kier molecular flexibility index (Phi) is 2.97. The van der Waals surface area contributed by atoms with E-state index >= 15 is 0 Å². The third-order valence-electron chi connectivity index (χ3n) is 1.84. The molecule has 0 aliphatic heterocycles. The average molecular weight is 235 g/mol. The van der Waals surface area contributed by atoms with Crippen molar-refractivity contribution in [2.24, 2.45) is 5.73 Å². The highest BCUT2D eigenvalue weighted by molar-refractivity contribution is 5.94. The summed E-state index contributed by atoms with van der Waals surface area (Å²) in [7, 11) is 0. The SMILES string of the molecule is NC(=O)c1cc(F)c(C=O)c(C(F)(F)F)c1. The number of carbonyl (C=O) groups excluding carboxylic acids is 2. The Morgan fingerprint density at radius 3 is 2.25 bits per heavy atom. The van der Waals surface area contributed by atoms with Gasteiger partial charge in [0.25, 0.3) is 0 Å². The van der Waals surface area contributed by atoms with E-state index in [-0.39, 0.29) is 6.29 Å². The second-order valence-electron chi connectivity index (χ2n) is 2.90. The molecule has 0 aromatic heterocycles. The van der Waals surface area contributed by atoms with E-state index in [0.717, 1.165) is 0 Å². The lowest BCUT2D eigenvalue weighted by Gasteiger charge is -2.11. The molecule has 0 atom stereocenters. The summed E-state index contributed by atoms with van der Waals surface area (Å²) in [4.78, 5) is 21.0. The molecular formula is C9H5F4NO2. The van der Waals surface area contributed by atoms with Crippen LogP contribution in [-0.2, 0) is 6.18 Å². The molecule has 0 aliphatic carbocycles. The molecule has 86 valence electrons. The summed E-state index contributed by atoms with van der Waals surface area (Å²) in [6.07, 6.45) is -5.19. The van der Waals surface area contributed by atoms with Gasteiger partial charge in [-0.25, -0.2) is 4.39 Å². The third-order valence-corrected chi connectivity index (χ3v) is 1.84. The number of primary amides is 1. The number of carbonyl (C=O) groups is 2. The van der Waals surface area contributed by atoms with Crippen molar-refractivity contribution in [1.82, 2.24) is 0 Å². The van der Waals surface area contributed by atoms with Crippen LogP contribution < -0.4 is 5.73 Å². The molecule has 1 aromatic carbocycles. The molecule has 3 nitrogen and oxygen atoms in total. The zero-order valence-electron chi connectivity index (χ0n) is 7.64. The number of halogens is 4. The van der Waals surface area contributed by atoms with Crippen LogP contribution in [0.5, 0.6) is 0 Å². The summed E-state index contributed by atoms with van der Waals surface area (Å²) in [5.74, 6) is -2.64. The van der Waals surface area contributed by atoms with E-state index < -0.39 is 34.6 Å². The number of rotatable bonds is 2. The van der Waals surface area contributed by atoms with Crippen molar-refractivity contribution in [2.75, 3.05) is 0 Å². The van der Waals surface area contributed by atoms with Crippen LogP contribution in [0.1, 0.15) is 26.3 Å². The standard InChI is InChI=1S/C9H5F4NO2/c10-7-2-4(8(14)16)1-6(5(7)3-15)9(11,12)13/h1-3H,(H2,14,16). The first kappa shape index (κ1) is 12.2. The predicted octanol–water partition coefficient (Wildman–Crippen LogP) is 1.76. The summed E-state index contributed by atoms with van der Waals surface area (Å²) in [6, 6.07) is 0.830. The average Bonchev–Trinajstić information content (AvgIpc) is 2.14. The number of hydrogen-bond donors (Lipinski definition) is 1. The van der Waals surface area contributed by atoms with Crippen LogP contribution in [0, 0.1) is 5.82 Å². The molecule has 0 heterocycles. The van der Waals surface area contributed by atoms with Gasteiger partial charge < -0.3 is 5.73 Å². The van der Waals surface area contributed by atoms with Crippen LogP contribution in [0.3, 0.4) is 0 Å². The topological polar surface area (TPSA) is 60.2 Å². The Bertz CT molecular complexity index is 454. The number of benzene rings is 1. The van der Waals surface area contributed by atoms with E-state index in [0.29, 0.717) is 12.1 Å². The van der Waals surface area contributed by atoms with E-state index in [1.54, 1.807) is 0 Å². The van der Waals surface area contributed by atoms with Crippen LogP contribution in [0.2, 0.25) is 0 Å². The van der Waals surface area contributed by atoms with Gasteiger partial charge in [0, 0.05) is 5.56 Å². The fourth-order valence-electron chi connectivity index (χ4n) is 1.11. The van der Waals surface area contributed by atoms with Gasteiger partial charge in [0.2, 0.25) is 5.91 Å². The molecule has 1 aromatic rings. The minimum atomic E-state index is -4.93. The lowest BCUT2D eigenvalue weighted by Crippen LogP contribution is -2.16. The molecule has 0 aliphatic rings. The molecule has 0 saturated carbocycles. The predicted molar refractivity (Wildman–Crippen MR) is 45.3 cm³/mol. The zero-order chi connectivity index (χ0) is 12.5. The number of amides is 1. The first-order chi connectivity index (χ1) is 7.27. The molecule has 7 heteroatoms. The van der Waals surface area contributed by atoms with E-state index in [1.165, 1.54) is 0 Å². The normalized spacial score (nSPS) is 11.2. The van der Waals surface area contributed by atoms with E-state index in [4.69, 9.17) is 5.73 Å². The minimum absolute atomic E-state index is 0.261. The lowest BCUT2D eigenvalue weighted by molar-refractivity contribution is -0.138. The Morgan fingerprint density at radius 1 is 1.31 bits per heavy atom. The largest absolute Gasteiger partial charge is 0.417 e. The molecule has 1 rings (SSSR count). The molecule has 1 amide bonds. The molecular weight excluding hydrogens is 230 g/mol. The smallest absolute Gasteiger partial charge is 0.366 e. The van der Waals surface area contributed by atoms with Crippen LogP contribution in [0.25, 0.3) is 0 Å². The molecule has 0 saturated heterocycles. The van der Waals surface area contributed by atoms with Gasteiger partial charge in [-0.15, -0.1) is 0 Å². The molecule has 0 unspecified atom stereocenters. The van der Waals surface area contributed by atoms with E-state index in [2.05, 4.69) is 0 Å². The van der Waals surface area contributed by atoms with Crippen molar-refractivity contribution in [1.29, 1.82) is 0 Å². The first-order valence-corrected chi connectivity index (χ1v) is 3.93. The molecule has 0 radical (unpaired) electrons. The van der Waals surface area contributed by atoms with Crippen LogP contribution in [-0.4, -0.2) is 12.2 Å². The quantitative estimate of drug-likeness (QED) is 0.627. The Hall–Kier alpha value is -1.92. The highest BCUT2D eigenvalue weighted by Crippen LogP contribution is 2.33. The second kappa shape index (κ2) is 3.92. The first-order valence-electron chi connectivity index (χ1n) is 3.93. The summed E-state index contributed by atoms with van der Waals surface area (Å²) in [5.41, 5.74) is 1.42. The summed E-state index contributed by atoms with van der Waals surface area (Å²) in [5, 5.41) is 0. The molecule has 16 heavy (non-hydrogen) atoms. The number of hydrogen-bond acceptors (Lipinski definition) is 2. The van der Waals surface area contributed by atoms with Gasteiger partial charge in [-0.05, 0) is 12.1 Å². The van der Waals surface area contributed by atoms with Gasteiger partial charge in [0.05, 0.1) is 11.1 Å². The number of aldehydes is 1. The van der Waals surface area contributed by atoms with Gasteiger partial charge in [-0.3, -0.25) is 9.59 Å². The van der Waals surface area contributed by atoms with Crippen molar-refractivity contribution in [3.05, 3.63) is 34.6 Å². The van der Waals surface area contributed by atoms with Crippen LogP contribution in [0.4, 0.5) is 17.6 Å². The zero-order valence-corrected chi connectivity index (χ0v) is 7.64. The van der Waals surface area contributed by atoms with Crippen molar-refractivity contribution >= 4 is 12.2 Å². The maximum Gasteiger partial charge on any atom is 0.417 e. The van der Waals surface area contributed by atoms with Crippen molar-refractivity contribution in [3.8, 4) is 0 Å². The Morgan fingerprint density at radius 2 is 1.88 bits per heavy atom. The molecule has 0 bridgehead atoms. The fourth-order valence-corrected chi connectivity index (χ4v) is 1.11. The fraction of sp³-hybridized carbons (Fsp3) is 0.111. The van der Waals surface area contributed by atoms with Crippen molar-refractivity contribution < 1.29 is 27.2 Å². The van der Waals surface area contributed by atoms with E-state index in [9.17, 15) is 27.2 Å². The minimum Gasteiger partial charge on any atom is -0.366 e. The van der Waals surface area contributed by atoms with Gasteiger partial charge in [0.15, 0.2) is 6.29 Å². The van der Waals surface area contributed by atoms with Crippen LogP contribution in [0.15, 0.2) is 12.1 Å². The third kappa shape index (κ3) is 2.18.